The fourth-order valence-electron chi connectivity index (χ4n) is 1.04. The van der Waals surface area contributed by atoms with Crippen molar-refractivity contribution < 1.29 is 9.90 Å². The molecule has 1 aromatic rings. The number of hydrogen-bond donors (Lipinski definition) is 1. The predicted molar refractivity (Wildman–Crippen MR) is 59.2 cm³/mol. The van der Waals surface area contributed by atoms with Crippen molar-refractivity contribution in [3.8, 4) is 0 Å². The molecule has 0 bridgehead atoms. The molecule has 1 rings (SSSR count). The van der Waals surface area contributed by atoms with E-state index in [0.717, 1.165) is 17.0 Å². The molecule has 0 saturated carbocycles. The Bertz CT molecular complexity index is 357. The first-order valence-corrected chi connectivity index (χ1v) is 5.65. The van der Waals surface area contributed by atoms with Crippen molar-refractivity contribution in [2.45, 2.75) is 32.3 Å². The molecule has 82 valence electrons. The zero-order valence-electron chi connectivity index (χ0n) is 9.07. The Kier molecular flexibility index (Phi) is 4.08. The summed E-state index contributed by atoms with van der Waals surface area (Å²) >= 11 is 1.38. The van der Waals surface area contributed by atoms with Crippen LogP contribution in [0.1, 0.15) is 23.4 Å². The second kappa shape index (κ2) is 5.11. The third-order valence-electron chi connectivity index (χ3n) is 2.16. The van der Waals surface area contributed by atoms with Crippen molar-refractivity contribution in [3.05, 3.63) is 17.0 Å². The Hall–Kier alpha value is -1.10. The molecule has 1 N–H and O–H groups in total. The van der Waals surface area contributed by atoms with E-state index >= 15 is 0 Å². The SMILES string of the molecule is Cc1nc(SCCC(=O)O)nc(C)c1C. The van der Waals surface area contributed by atoms with Crippen LogP contribution in [-0.2, 0) is 4.79 Å². The standard InChI is InChI=1S/C10H14N2O2S/c1-6-7(2)11-10(12-8(6)3)15-5-4-9(13)14/h4-5H2,1-3H3,(H,13,14). The first-order valence-electron chi connectivity index (χ1n) is 4.67. The third kappa shape index (κ3) is 3.51. The molecule has 0 radical (unpaired) electrons. The number of carboxylic acids is 1. The van der Waals surface area contributed by atoms with Gasteiger partial charge in [0.25, 0.3) is 0 Å². The summed E-state index contributed by atoms with van der Waals surface area (Å²) in [5.41, 5.74) is 3.01. The molecule has 0 fully saturated rings. The molecule has 4 nitrogen and oxygen atoms in total. The summed E-state index contributed by atoms with van der Waals surface area (Å²) in [5.74, 6) is -0.278. The van der Waals surface area contributed by atoms with Crippen molar-refractivity contribution in [2.75, 3.05) is 5.75 Å². The maximum Gasteiger partial charge on any atom is 0.304 e. The molecule has 1 heterocycles. The Morgan fingerprint density at radius 2 is 1.80 bits per heavy atom. The first kappa shape index (κ1) is 12.0. The number of aliphatic carboxylic acids is 1. The van der Waals surface area contributed by atoms with Crippen LogP contribution in [0.4, 0.5) is 0 Å². The maximum absolute atomic E-state index is 10.3. The molecule has 1 aromatic heterocycles. The van der Waals surface area contributed by atoms with Gasteiger partial charge in [0.05, 0.1) is 6.42 Å². The lowest BCUT2D eigenvalue weighted by Gasteiger charge is -2.05. The van der Waals surface area contributed by atoms with Crippen LogP contribution in [-0.4, -0.2) is 26.8 Å². The summed E-state index contributed by atoms with van der Waals surface area (Å²) in [6.07, 6.45) is 0.139. The Labute approximate surface area is 93.1 Å². The molecule has 0 atom stereocenters. The van der Waals surface area contributed by atoms with E-state index in [0.29, 0.717) is 10.9 Å². The lowest BCUT2D eigenvalue weighted by Crippen LogP contribution is -2.00. The molecule has 0 aliphatic carbocycles. The average molecular weight is 226 g/mol. The maximum atomic E-state index is 10.3. The topological polar surface area (TPSA) is 63.1 Å². The van der Waals surface area contributed by atoms with Crippen molar-refractivity contribution >= 4 is 17.7 Å². The van der Waals surface area contributed by atoms with Gasteiger partial charge in [-0.3, -0.25) is 4.79 Å². The van der Waals surface area contributed by atoms with Crippen molar-refractivity contribution in [3.63, 3.8) is 0 Å². The Balaban J connectivity index is 2.66. The van der Waals surface area contributed by atoms with E-state index < -0.39 is 5.97 Å². The first-order chi connectivity index (χ1) is 7.00. The molecule has 5 heteroatoms. The number of aryl methyl sites for hydroxylation is 2. The van der Waals surface area contributed by atoms with Crippen LogP contribution in [0.2, 0.25) is 0 Å². The van der Waals surface area contributed by atoms with Crippen LogP contribution in [0.5, 0.6) is 0 Å². The van der Waals surface area contributed by atoms with Gasteiger partial charge in [0.1, 0.15) is 0 Å². The van der Waals surface area contributed by atoms with Crippen LogP contribution in [0.25, 0.3) is 0 Å². The summed E-state index contributed by atoms with van der Waals surface area (Å²) in [5, 5.41) is 9.15. The second-order valence-corrected chi connectivity index (χ2v) is 4.36. The molecule has 0 unspecified atom stereocenters. The quantitative estimate of drug-likeness (QED) is 0.628. The minimum absolute atomic E-state index is 0.139. The Morgan fingerprint density at radius 1 is 1.27 bits per heavy atom. The number of carbonyl (C=O) groups is 1. The lowest BCUT2D eigenvalue weighted by atomic mass is 10.2. The molecule has 0 aliphatic heterocycles. The van der Waals surface area contributed by atoms with Crippen LogP contribution in [0.15, 0.2) is 5.16 Å². The van der Waals surface area contributed by atoms with E-state index in [1.54, 1.807) is 0 Å². The third-order valence-corrected chi connectivity index (χ3v) is 3.01. The number of hydrogen-bond acceptors (Lipinski definition) is 4. The highest BCUT2D eigenvalue weighted by Gasteiger charge is 2.05. The molecule has 0 aliphatic rings. The lowest BCUT2D eigenvalue weighted by molar-refractivity contribution is -0.136. The van der Waals surface area contributed by atoms with Gasteiger partial charge in [-0.25, -0.2) is 9.97 Å². The van der Waals surface area contributed by atoms with Gasteiger partial charge in [0.15, 0.2) is 5.16 Å². The number of carboxylic acid groups (broad SMARTS) is 1. The second-order valence-electron chi connectivity index (χ2n) is 3.29. The fourth-order valence-corrected chi connectivity index (χ4v) is 1.90. The highest BCUT2D eigenvalue weighted by molar-refractivity contribution is 7.99. The molecular formula is C10H14N2O2S. The summed E-state index contributed by atoms with van der Waals surface area (Å²) < 4.78 is 0. The summed E-state index contributed by atoms with van der Waals surface area (Å²) in [6, 6.07) is 0. The number of thioether (sulfide) groups is 1. The largest absolute Gasteiger partial charge is 0.481 e. The predicted octanol–water partition coefficient (Wildman–Crippen LogP) is 1.97. The Morgan fingerprint density at radius 3 is 2.27 bits per heavy atom. The molecule has 0 spiro atoms. The van der Waals surface area contributed by atoms with Crippen LogP contribution >= 0.6 is 11.8 Å². The van der Waals surface area contributed by atoms with Crippen LogP contribution < -0.4 is 0 Å². The molecular weight excluding hydrogens is 212 g/mol. The smallest absolute Gasteiger partial charge is 0.304 e. The number of aromatic nitrogens is 2. The minimum Gasteiger partial charge on any atom is -0.481 e. The van der Waals surface area contributed by atoms with E-state index in [4.69, 9.17) is 5.11 Å². The van der Waals surface area contributed by atoms with Gasteiger partial charge in [0.2, 0.25) is 0 Å². The van der Waals surface area contributed by atoms with Gasteiger partial charge in [-0.05, 0) is 26.3 Å². The van der Waals surface area contributed by atoms with Gasteiger partial charge in [0, 0.05) is 17.1 Å². The number of rotatable bonds is 4. The fraction of sp³-hybridized carbons (Fsp3) is 0.500. The van der Waals surface area contributed by atoms with E-state index in [1.165, 1.54) is 11.8 Å². The summed E-state index contributed by atoms with van der Waals surface area (Å²) in [7, 11) is 0. The summed E-state index contributed by atoms with van der Waals surface area (Å²) in [4.78, 5) is 18.9. The van der Waals surface area contributed by atoms with Gasteiger partial charge >= 0.3 is 5.97 Å². The molecule has 15 heavy (non-hydrogen) atoms. The van der Waals surface area contributed by atoms with Crippen LogP contribution in [0, 0.1) is 20.8 Å². The van der Waals surface area contributed by atoms with E-state index in [-0.39, 0.29) is 6.42 Å². The normalized spacial score (nSPS) is 10.3. The van der Waals surface area contributed by atoms with E-state index in [2.05, 4.69) is 9.97 Å². The monoisotopic (exact) mass is 226 g/mol. The van der Waals surface area contributed by atoms with Crippen LogP contribution in [0.3, 0.4) is 0 Å². The van der Waals surface area contributed by atoms with E-state index in [9.17, 15) is 4.79 Å². The molecule has 0 saturated heterocycles. The van der Waals surface area contributed by atoms with Gasteiger partial charge in [-0.15, -0.1) is 0 Å². The zero-order chi connectivity index (χ0) is 11.4. The van der Waals surface area contributed by atoms with Gasteiger partial charge in [-0.1, -0.05) is 11.8 Å². The summed E-state index contributed by atoms with van der Waals surface area (Å²) in [6.45, 7) is 5.85. The molecule has 0 amide bonds. The highest BCUT2D eigenvalue weighted by atomic mass is 32.2. The van der Waals surface area contributed by atoms with Crippen molar-refractivity contribution in [1.82, 2.24) is 9.97 Å². The van der Waals surface area contributed by atoms with E-state index in [1.807, 2.05) is 20.8 Å². The van der Waals surface area contributed by atoms with Gasteiger partial charge in [-0.2, -0.15) is 0 Å². The highest BCUT2D eigenvalue weighted by Crippen LogP contribution is 2.17. The zero-order valence-corrected chi connectivity index (χ0v) is 9.89. The average Bonchev–Trinajstić information content (AvgIpc) is 2.13. The van der Waals surface area contributed by atoms with Crippen molar-refractivity contribution in [2.24, 2.45) is 0 Å². The number of nitrogens with zero attached hydrogens (tertiary/aromatic N) is 2. The minimum atomic E-state index is -0.789. The van der Waals surface area contributed by atoms with Crippen molar-refractivity contribution in [1.29, 1.82) is 0 Å². The van der Waals surface area contributed by atoms with Gasteiger partial charge < -0.3 is 5.11 Å². The molecule has 0 aromatic carbocycles.